The highest BCUT2D eigenvalue weighted by molar-refractivity contribution is 6.09. The molecule has 4 heteroatoms. The molecule has 6 aromatic rings. The number of aromatic nitrogens is 3. The molecular weight excluding hydrogens is 370 g/mol. The lowest BCUT2D eigenvalue weighted by atomic mass is 10.1. The second kappa shape index (κ2) is 6.56. The maximum Gasteiger partial charge on any atom is 0.248 e. The molecule has 0 spiro atoms. The van der Waals surface area contributed by atoms with E-state index in [4.69, 9.17) is 4.42 Å². The van der Waals surface area contributed by atoms with Gasteiger partial charge in [0.25, 0.3) is 0 Å². The van der Waals surface area contributed by atoms with Crippen LogP contribution in [0.4, 0.5) is 0 Å². The topological polar surface area (TPSA) is 43.9 Å². The van der Waals surface area contributed by atoms with Gasteiger partial charge in [0.05, 0.1) is 0 Å². The second-order valence-corrected chi connectivity index (χ2v) is 7.47. The van der Waals surface area contributed by atoms with Crippen molar-refractivity contribution in [1.29, 1.82) is 0 Å². The van der Waals surface area contributed by atoms with Gasteiger partial charge >= 0.3 is 0 Å². The lowest BCUT2D eigenvalue weighted by Gasteiger charge is -2.03. The van der Waals surface area contributed by atoms with Crippen LogP contribution in [-0.2, 0) is 6.54 Å². The first-order valence-electron chi connectivity index (χ1n) is 10.2. The average Bonchev–Trinajstić information content (AvgIpc) is 3.41. The fraction of sp³-hybridized carbons (Fsp3) is 0.0769. The van der Waals surface area contributed by atoms with E-state index in [1.54, 1.807) is 0 Å². The molecule has 30 heavy (non-hydrogen) atoms. The molecule has 2 aromatic heterocycles. The molecule has 0 unspecified atom stereocenters. The smallest absolute Gasteiger partial charge is 0.248 e. The minimum Gasteiger partial charge on any atom is -0.416 e. The first-order valence-corrected chi connectivity index (χ1v) is 10.2. The van der Waals surface area contributed by atoms with Gasteiger partial charge in [-0.05, 0) is 54.1 Å². The minimum absolute atomic E-state index is 0.534. The van der Waals surface area contributed by atoms with Gasteiger partial charge in [-0.15, -0.1) is 10.2 Å². The van der Waals surface area contributed by atoms with Crippen LogP contribution in [0.15, 0.2) is 89.3 Å². The molecule has 0 atom stereocenters. The van der Waals surface area contributed by atoms with Crippen molar-refractivity contribution in [3.63, 3.8) is 0 Å². The van der Waals surface area contributed by atoms with Gasteiger partial charge in [0, 0.05) is 39.5 Å². The Morgan fingerprint density at radius 1 is 0.667 bits per heavy atom. The van der Waals surface area contributed by atoms with Crippen LogP contribution < -0.4 is 0 Å². The standard InChI is InChI=1S/C26H19N3O/c1-2-29-23-10-6-5-9-21(23)22-16-20(13-14-24(22)29)26-28-27-25(30-26)19-12-11-17-7-3-4-8-18(17)15-19/h3-16H,2H2,1H3. The van der Waals surface area contributed by atoms with Crippen molar-refractivity contribution in [2.75, 3.05) is 0 Å². The molecule has 0 saturated heterocycles. The molecule has 0 radical (unpaired) electrons. The van der Waals surface area contributed by atoms with E-state index in [9.17, 15) is 0 Å². The molecular formula is C26H19N3O. The number of benzene rings is 4. The highest BCUT2D eigenvalue weighted by Gasteiger charge is 2.14. The number of para-hydroxylation sites is 1. The summed E-state index contributed by atoms with van der Waals surface area (Å²) < 4.78 is 8.41. The van der Waals surface area contributed by atoms with Gasteiger partial charge in [-0.1, -0.05) is 48.5 Å². The van der Waals surface area contributed by atoms with Crippen LogP contribution in [0.5, 0.6) is 0 Å². The highest BCUT2D eigenvalue weighted by Crippen LogP contribution is 2.33. The van der Waals surface area contributed by atoms with Crippen molar-refractivity contribution in [2.24, 2.45) is 0 Å². The fourth-order valence-corrected chi connectivity index (χ4v) is 4.31. The van der Waals surface area contributed by atoms with Gasteiger partial charge in [0.1, 0.15) is 0 Å². The predicted octanol–water partition coefficient (Wildman–Crippen LogP) is 6.68. The predicted molar refractivity (Wildman–Crippen MR) is 121 cm³/mol. The molecule has 0 saturated carbocycles. The maximum atomic E-state index is 6.07. The number of hydrogen-bond acceptors (Lipinski definition) is 3. The summed E-state index contributed by atoms with van der Waals surface area (Å²) in [7, 11) is 0. The largest absolute Gasteiger partial charge is 0.416 e. The lowest BCUT2D eigenvalue weighted by molar-refractivity contribution is 0.585. The molecule has 0 aliphatic heterocycles. The third kappa shape index (κ3) is 2.54. The van der Waals surface area contributed by atoms with E-state index in [0.717, 1.165) is 23.1 Å². The van der Waals surface area contributed by atoms with Gasteiger partial charge in [0.15, 0.2) is 0 Å². The Kier molecular flexibility index (Phi) is 3.71. The van der Waals surface area contributed by atoms with Crippen LogP contribution in [0.25, 0.3) is 55.5 Å². The normalized spacial score (nSPS) is 11.6. The first-order chi connectivity index (χ1) is 14.8. The van der Waals surface area contributed by atoms with Gasteiger partial charge in [-0.3, -0.25) is 0 Å². The van der Waals surface area contributed by atoms with Crippen molar-refractivity contribution >= 4 is 32.6 Å². The summed E-state index contributed by atoms with van der Waals surface area (Å²) in [5.74, 6) is 1.07. The molecule has 0 aliphatic rings. The highest BCUT2D eigenvalue weighted by atomic mass is 16.4. The lowest BCUT2D eigenvalue weighted by Crippen LogP contribution is -1.92. The zero-order chi connectivity index (χ0) is 20.1. The Balaban J connectivity index is 1.46. The van der Waals surface area contributed by atoms with Gasteiger partial charge in [-0.25, -0.2) is 0 Å². The van der Waals surface area contributed by atoms with Crippen LogP contribution in [0.3, 0.4) is 0 Å². The average molecular weight is 389 g/mol. The number of aryl methyl sites for hydroxylation is 1. The molecule has 0 bridgehead atoms. The molecule has 6 rings (SSSR count). The minimum atomic E-state index is 0.534. The Morgan fingerprint density at radius 3 is 2.17 bits per heavy atom. The SMILES string of the molecule is CCn1c2ccccc2c2cc(-c3nnc(-c4ccc5ccccc5c4)o3)ccc21. The molecule has 0 N–H and O–H groups in total. The zero-order valence-corrected chi connectivity index (χ0v) is 16.5. The van der Waals surface area contributed by atoms with Crippen LogP contribution >= 0.6 is 0 Å². The van der Waals surface area contributed by atoms with E-state index in [1.165, 1.54) is 27.2 Å². The number of rotatable bonds is 3. The molecule has 144 valence electrons. The van der Waals surface area contributed by atoms with E-state index < -0.39 is 0 Å². The third-order valence-electron chi connectivity index (χ3n) is 5.76. The summed E-state index contributed by atoms with van der Waals surface area (Å²) in [6.07, 6.45) is 0. The van der Waals surface area contributed by atoms with Gasteiger partial charge < -0.3 is 8.98 Å². The zero-order valence-electron chi connectivity index (χ0n) is 16.5. The van der Waals surface area contributed by atoms with Crippen LogP contribution in [0, 0.1) is 0 Å². The second-order valence-electron chi connectivity index (χ2n) is 7.47. The van der Waals surface area contributed by atoms with Crippen molar-refractivity contribution in [3.8, 4) is 22.9 Å². The molecule has 4 nitrogen and oxygen atoms in total. The van der Waals surface area contributed by atoms with E-state index in [1.807, 2.05) is 18.2 Å². The number of fused-ring (bicyclic) bond motifs is 4. The Hall–Kier alpha value is -3.92. The van der Waals surface area contributed by atoms with Crippen molar-refractivity contribution in [2.45, 2.75) is 13.5 Å². The molecule has 4 aromatic carbocycles. The van der Waals surface area contributed by atoms with E-state index >= 15 is 0 Å². The molecule has 2 heterocycles. The first kappa shape index (κ1) is 17.0. The summed E-state index contributed by atoms with van der Waals surface area (Å²) in [6, 6.07) is 29.3. The number of hydrogen-bond donors (Lipinski definition) is 0. The van der Waals surface area contributed by atoms with Crippen LogP contribution in [0.1, 0.15) is 6.92 Å². The van der Waals surface area contributed by atoms with Crippen LogP contribution in [-0.4, -0.2) is 14.8 Å². The van der Waals surface area contributed by atoms with Gasteiger partial charge in [0.2, 0.25) is 11.8 Å². The molecule has 0 aliphatic carbocycles. The Bertz CT molecular complexity index is 1540. The van der Waals surface area contributed by atoms with E-state index in [2.05, 4.69) is 88.4 Å². The Labute approximate surface area is 173 Å². The van der Waals surface area contributed by atoms with E-state index in [-0.39, 0.29) is 0 Å². The molecule has 0 amide bonds. The van der Waals surface area contributed by atoms with Crippen LogP contribution in [0.2, 0.25) is 0 Å². The molecule has 0 fully saturated rings. The maximum absolute atomic E-state index is 6.07. The van der Waals surface area contributed by atoms with Crippen molar-refractivity contribution in [1.82, 2.24) is 14.8 Å². The monoisotopic (exact) mass is 389 g/mol. The Morgan fingerprint density at radius 2 is 1.33 bits per heavy atom. The third-order valence-corrected chi connectivity index (χ3v) is 5.76. The quantitative estimate of drug-likeness (QED) is 0.339. The summed E-state index contributed by atoms with van der Waals surface area (Å²) in [5, 5.41) is 13.4. The summed E-state index contributed by atoms with van der Waals surface area (Å²) in [5.41, 5.74) is 4.32. The van der Waals surface area contributed by atoms with Crippen molar-refractivity contribution < 1.29 is 4.42 Å². The summed E-state index contributed by atoms with van der Waals surface area (Å²) in [4.78, 5) is 0. The van der Waals surface area contributed by atoms with Crippen molar-refractivity contribution in [3.05, 3.63) is 84.9 Å². The summed E-state index contributed by atoms with van der Waals surface area (Å²) >= 11 is 0. The fourth-order valence-electron chi connectivity index (χ4n) is 4.31. The van der Waals surface area contributed by atoms with Gasteiger partial charge in [-0.2, -0.15) is 0 Å². The number of nitrogens with zero attached hydrogens (tertiary/aromatic N) is 3. The van der Waals surface area contributed by atoms with E-state index in [0.29, 0.717) is 11.8 Å². The summed E-state index contributed by atoms with van der Waals surface area (Å²) in [6.45, 7) is 3.10.